The molecule has 0 fully saturated rings. The molecule has 0 amide bonds. The molecule has 19 nitrogen and oxygen atoms in total. The van der Waals surface area contributed by atoms with Crippen molar-refractivity contribution in [1.82, 2.24) is 0 Å². The van der Waals surface area contributed by atoms with Gasteiger partial charge in [0, 0.05) is 33.4 Å². The van der Waals surface area contributed by atoms with Crippen LogP contribution in [0.15, 0.2) is 72.9 Å². The molecule has 0 aliphatic heterocycles. The summed E-state index contributed by atoms with van der Waals surface area (Å²) in [4.78, 5) is 71.1. The molecule has 0 bridgehead atoms. The molecule has 0 saturated heterocycles. The summed E-state index contributed by atoms with van der Waals surface area (Å²) in [5.74, 6) is -24.5. The summed E-state index contributed by atoms with van der Waals surface area (Å²) in [6.45, 7) is -11.0. The molecule has 0 aromatic rings. The maximum absolute atomic E-state index is 17.6. The number of alkyl halides is 20. The highest BCUT2D eigenvalue weighted by atomic mass is 19.3. The van der Waals surface area contributed by atoms with Gasteiger partial charge in [-0.2, -0.15) is 61.5 Å². The van der Waals surface area contributed by atoms with E-state index < -0.39 is 246 Å². The summed E-state index contributed by atoms with van der Waals surface area (Å²) in [6.07, 6.45) is -55.2. The zero-order valence-electron chi connectivity index (χ0n) is 48.9. The highest BCUT2D eigenvalue weighted by molar-refractivity contribution is 5.88. The molecule has 524 valence electrons. The van der Waals surface area contributed by atoms with E-state index in [9.17, 15) is 28.8 Å². The second-order valence-electron chi connectivity index (χ2n) is 19.9. The first-order valence-electron chi connectivity index (χ1n) is 25.1. The first-order valence-corrected chi connectivity index (χ1v) is 25.1. The highest BCUT2D eigenvalue weighted by Crippen LogP contribution is 2.62. The average molecular weight is 1370 g/mol. The lowest BCUT2D eigenvalue weighted by Gasteiger charge is -2.48. The zero-order chi connectivity index (χ0) is 71.4. The fraction of sp³-hybridized carbons (Fsp3) is 0.654. The van der Waals surface area contributed by atoms with Crippen LogP contribution in [0.2, 0.25) is 0 Å². The van der Waals surface area contributed by atoms with Gasteiger partial charge < -0.3 is 47.4 Å². The summed E-state index contributed by atoms with van der Waals surface area (Å²) in [5.41, 5.74) is -16.4. The van der Waals surface area contributed by atoms with Crippen molar-refractivity contribution in [3.05, 3.63) is 72.9 Å². The van der Waals surface area contributed by atoms with E-state index in [-0.39, 0.29) is 0 Å². The number of rotatable bonds is 46. The van der Waals surface area contributed by atoms with E-state index in [2.05, 4.69) is 101 Å². The van der Waals surface area contributed by atoms with Crippen LogP contribution < -0.4 is 0 Å². The van der Waals surface area contributed by atoms with Crippen LogP contribution in [0.1, 0.15) is 60.8 Å². The minimum atomic E-state index is -7.71. The Morgan fingerprint density at radius 3 is 0.769 bits per heavy atom. The lowest BCUT2D eigenvalue weighted by molar-refractivity contribution is -0.545. The van der Waals surface area contributed by atoms with Gasteiger partial charge in [-0.25, -0.2) is 55.1 Å². The molecule has 0 spiro atoms. The van der Waals surface area contributed by atoms with E-state index >= 15 is 87.8 Å². The van der Waals surface area contributed by atoms with Crippen LogP contribution in [-0.2, 0) is 90.3 Å². The molecule has 39 heteroatoms. The number of carbonyl (C=O) groups excluding carboxylic acids is 6. The number of hydrogen-bond donors (Lipinski definition) is 0. The van der Waals surface area contributed by atoms with Gasteiger partial charge in [0.25, 0.3) is 5.41 Å². The van der Waals surface area contributed by atoms with E-state index in [4.69, 9.17) is 0 Å². The quantitative estimate of drug-likeness (QED) is 0.0239. The van der Waals surface area contributed by atoms with Gasteiger partial charge in [-0.15, -0.1) is 0 Å². The Morgan fingerprint density at radius 2 is 0.516 bits per heavy atom. The van der Waals surface area contributed by atoms with E-state index in [1.54, 1.807) is 0 Å². The third-order valence-corrected chi connectivity index (χ3v) is 10.7. The topological polar surface area (TPSA) is 222 Å². The molecule has 0 aliphatic carbocycles. The Morgan fingerprint density at radius 1 is 0.286 bits per heavy atom. The first kappa shape index (κ1) is 84.6. The number of carbonyl (C=O) groups is 6. The summed E-state index contributed by atoms with van der Waals surface area (Å²) in [7, 11) is 0. The third-order valence-electron chi connectivity index (χ3n) is 10.7. The lowest BCUT2D eigenvalue weighted by atomic mass is 9.82. The minimum absolute atomic E-state index is 0.565. The second kappa shape index (κ2) is 33.4. The largest absolute Gasteiger partial charge is 0.462 e. The molecule has 0 aliphatic rings. The molecular formula is C52H62F20O19. The highest BCUT2D eigenvalue weighted by Gasteiger charge is 2.86. The molecule has 0 radical (unpaired) electrons. The van der Waals surface area contributed by atoms with Gasteiger partial charge in [0.2, 0.25) is 0 Å². The first-order chi connectivity index (χ1) is 40.9. The normalized spacial score (nSPS) is 13.4. The molecule has 0 rings (SSSR count). The summed E-state index contributed by atoms with van der Waals surface area (Å²) >= 11 is 0. The smallest absolute Gasteiger partial charge is 0.385 e. The monoisotopic (exact) mass is 1370 g/mol. The average Bonchev–Trinajstić information content (AvgIpc) is 0.713. The maximum atomic E-state index is 17.6. The van der Waals surface area contributed by atoms with Crippen LogP contribution in [-0.4, -0.2) is 182 Å². The van der Waals surface area contributed by atoms with E-state index in [1.165, 1.54) is 0 Å². The van der Waals surface area contributed by atoms with Crippen LogP contribution >= 0.6 is 0 Å². The molecule has 91 heavy (non-hydrogen) atoms. The molecule has 0 atom stereocenters. The Kier molecular flexibility index (Phi) is 31.1. The van der Waals surface area contributed by atoms with Gasteiger partial charge in [0.15, 0.2) is 19.8 Å². The van der Waals surface area contributed by atoms with Crippen molar-refractivity contribution in [2.45, 2.75) is 121 Å². The molecule has 0 aromatic heterocycles. The van der Waals surface area contributed by atoms with Crippen LogP contribution in [0, 0.1) is 10.8 Å². The van der Waals surface area contributed by atoms with Crippen molar-refractivity contribution in [2.75, 3.05) is 85.9 Å². The van der Waals surface area contributed by atoms with Crippen LogP contribution in [0.4, 0.5) is 87.8 Å². The summed E-state index contributed by atoms with van der Waals surface area (Å²) in [5, 5.41) is 0. The standard InChI is InChI=1S/C52H62F20O19/c1-29(2)35(73)82-16-13-46(59,60)89-49(65,66)41(19-79-22-42(53,54)25-85-38(76)32(7)8,20-80-23-43(55,56)26-86-39(77)33(9)10)21-88-50(67,68)45(28-81-24-44(57,58)27-87-40(78)34(11)12,51(69,70)90-47(61,62)14-17-83-36(74)30(3)4)52(71,72)91-48(63,64)15-18-84-37(75)31(5)6/h1,3,5,7,9,11,13-28H2,2,4,6,8,10,12H3. The fourth-order valence-corrected chi connectivity index (χ4v) is 5.80. The van der Waals surface area contributed by atoms with Crippen LogP contribution in [0.3, 0.4) is 0 Å². The molecule has 0 saturated carbocycles. The second-order valence-corrected chi connectivity index (χ2v) is 19.9. The number of esters is 6. The Balaban J connectivity index is 9.17. The molecule has 0 heterocycles. The lowest BCUT2D eigenvalue weighted by Crippen LogP contribution is -2.71. The Bertz CT molecular complexity index is 2500. The predicted octanol–water partition coefficient (Wildman–Crippen LogP) is 11.0. The number of hydrogen-bond acceptors (Lipinski definition) is 19. The summed E-state index contributed by atoms with van der Waals surface area (Å²) in [6, 6.07) is 0. The van der Waals surface area contributed by atoms with Crippen LogP contribution in [0.25, 0.3) is 0 Å². The minimum Gasteiger partial charge on any atom is -0.462 e. The van der Waals surface area contributed by atoms with Crippen molar-refractivity contribution < 1.29 is 178 Å². The molecule has 0 aromatic carbocycles. The SMILES string of the molecule is C=C(C)C(=O)OCCC(F)(F)OC(F)(F)C(COCC(F)(F)COC(=O)C(=C)C)(COCC(F)(F)COC(=O)C(=C)C)COC(F)(F)C(COCC(F)(F)COC(=O)C(=C)C)(C(F)(F)OC(F)(F)CCOC(=O)C(=C)C)C(F)(F)OC(F)(F)CCOC(=O)C(=C)C. The predicted molar refractivity (Wildman–Crippen MR) is 264 cm³/mol. The van der Waals surface area contributed by atoms with Gasteiger partial charge in [0.05, 0.1) is 65.5 Å². The van der Waals surface area contributed by atoms with Crippen molar-refractivity contribution >= 4 is 35.8 Å². The van der Waals surface area contributed by atoms with Crippen molar-refractivity contribution in [3.8, 4) is 0 Å². The summed E-state index contributed by atoms with van der Waals surface area (Å²) < 4.78 is 372. The molecule has 0 unspecified atom stereocenters. The van der Waals surface area contributed by atoms with Crippen molar-refractivity contribution in [2.24, 2.45) is 10.8 Å². The Hall–Kier alpha value is -6.42. The van der Waals surface area contributed by atoms with Gasteiger partial charge in [-0.1, -0.05) is 39.5 Å². The Labute approximate surface area is 504 Å². The van der Waals surface area contributed by atoms with Crippen LogP contribution in [0.5, 0.6) is 0 Å². The molecule has 0 N–H and O–H groups in total. The van der Waals surface area contributed by atoms with Gasteiger partial charge in [-0.3, -0.25) is 14.2 Å². The van der Waals surface area contributed by atoms with Gasteiger partial charge >= 0.3 is 96.3 Å². The molecular weight excluding hydrogens is 1310 g/mol. The fourth-order valence-electron chi connectivity index (χ4n) is 5.80. The van der Waals surface area contributed by atoms with Gasteiger partial charge in [0.1, 0.15) is 25.2 Å². The number of halogens is 20. The number of ether oxygens (including phenoxy) is 13. The third kappa shape index (κ3) is 27.8. The zero-order valence-corrected chi connectivity index (χ0v) is 48.9. The van der Waals surface area contributed by atoms with E-state index in [1.807, 2.05) is 0 Å². The van der Waals surface area contributed by atoms with E-state index in [0.717, 1.165) is 41.5 Å². The van der Waals surface area contributed by atoms with Crippen molar-refractivity contribution in [1.29, 1.82) is 0 Å². The van der Waals surface area contributed by atoms with Crippen molar-refractivity contribution in [3.63, 3.8) is 0 Å². The van der Waals surface area contributed by atoms with Gasteiger partial charge in [-0.05, 0) is 41.5 Å². The van der Waals surface area contributed by atoms with E-state index in [0.29, 0.717) is 0 Å². The maximum Gasteiger partial charge on any atom is 0.385 e.